The molecule has 242 valence electrons. The predicted octanol–water partition coefficient (Wildman–Crippen LogP) is 12.2. The lowest BCUT2D eigenvalue weighted by atomic mass is 9.99. The largest absolute Gasteiger partial charge is 0.455 e. The fraction of sp³-hybridized carbons (Fsp3) is 0. The van der Waals surface area contributed by atoms with Crippen LogP contribution in [0.3, 0.4) is 0 Å². The summed E-state index contributed by atoms with van der Waals surface area (Å²) in [7, 11) is 0. The van der Waals surface area contributed by atoms with E-state index in [1.165, 1.54) is 21.5 Å². The molecule has 0 saturated carbocycles. The number of rotatable bonds is 4. The van der Waals surface area contributed by atoms with Gasteiger partial charge in [0, 0.05) is 54.7 Å². The van der Waals surface area contributed by atoms with Crippen LogP contribution in [-0.2, 0) is 0 Å². The molecule has 0 aliphatic heterocycles. The second kappa shape index (κ2) is 11.2. The molecule has 5 heteroatoms. The first-order chi connectivity index (χ1) is 25.8. The number of benzene rings is 8. The van der Waals surface area contributed by atoms with E-state index in [-0.39, 0.29) is 0 Å². The summed E-state index contributed by atoms with van der Waals surface area (Å²) in [6.07, 6.45) is 0. The molecule has 0 fully saturated rings. The van der Waals surface area contributed by atoms with E-state index >= 15 is 0 Å². The average molecular weight is 665 g/mol. The lowest BCUT2D eigenvalue weighted by molar-refractivity contribution is 0.673. The fourth-order valence-corrected chi connectivity index (χ4v) is 7.85. The number of fused-ring (bicyclic) bond motifs is 11. The Hall–Kier alpha value is -7.11. The van der Waals surface area contributed by atoms with E-state index in [0.29, 0.717) is 17.5 Å². The van der Waals surface area contributed by atoms with Gasteiger partial charge >= 0.3 is 0 Å². The van der Waals surface area contributed by atoms with E-state index in [2.05, 4.69) is 108 Å². The average Bonchev–Trinajstić information content (AvgIpc) is 3.78. The van der Waals surface area contributed by atoms with Gasteiger partial charge in [-0.05, 0) is 41.1 Å². The topological polar surface area (TPSA) is 56.7 Å². The third-order valence-electron chi connectivity index (χ3n) is 10.2. The molecule has 11 aromatic rings. The summed E-state index contributed by atoms with van der Waals surface area (Å²) in [5, 5.41) is 9.24. The van der Waals surface area contributed by atoms with Crippen LogP contribution in [0.4, 0.5) is 0 Å². The fourth-order valence-electron chi connectivity index (χ4n) is 7.85. The summed E-state index contributed by atoms with van der Waals surface area (Å²) in [5.74, 6) is 1.90. The highest BCUT2D eigenvalue weighted by Crippen LogP contribution is 2.44. The van der Waals surface area contributed by atoms with Gasteiger partial charge in [0.1, 0.15) is 11.2 Å². The van der Waals surface area contributed by atoms with Gasteiger partial charge in [-0.25, -0.2) is 15.0 Å². The summed E-state index contributed by atoms with van der Waals surface area (Å²) < 4.78 is 9.06. The molecule has 0 N–H and O–H groups in total. The van der Waals surface area contributed by atoms with Crippen LogP contribution < -0.4 is 0 Å². The second-order valence-corrected chi connectivity index (χ2v) is 13.2. The van der Waals surface area contributed by atoms with Gasteiger partial charge in [0.15, 0.2) is 17.5 Å². The van der Waals surface area contributed by atoms with Crippen molar-refractivity contribution in [1.29, 1.82) is 0 Å². The van der Waals surface area contributed by atoms with Gasteiger partial charge < -0.3 is 8.98 Å². The maximum Gasteiger partial charge on any atom is 0.164 e. The summed E-state index contributed by atoms with van der Waals surface area (Å²) in [4.78, 5) is 15.0. The Labute approximate surface area is 298 Å². The Morgan fingerprint density at radius 1 is 0.404 bits per heavy atom. The lowest BCUT2D eigenvalue weighted by Gasteiger charge is -2.12. The maximum absolute atomic E-state index is 6.67. The molecular formula is C47H28N4O. The first-order valence-electron chi connectivity index (χ1n) is 17.5. The van der Waals surface area contributed by atoms with Gasteiger partial charge in [-0.15, -0.1) is 0 Å². The molecule has 0 aliphatic rings. The molecule has 0 spiro atoms. The van der Waals surface area contributed by atoms with Crippen molar-refractivity contribution in [1.82, 2.24) is 19.5 Å². The van der Waals surface area contributed by atoms with Gasteiger partial charge in [-0.3, -0.25) is 0 Å². The monoisotopic (exact) mass is 664 g/mol. The van der Waals surface area contributed by atoms with Crippen molar-refractivity contribution >= 4 is 65.3 Å². The van der Waals surface area contributed by atoms with E-state index < -0.39 is 0 Å². The Balaban J connectivity index is 1.21. The molecule has 0 atom stereocenters. The first-order valence-corrected chi connectivity index (χ1v) is 17.5. The first kappa shape index (κ1) is 28.7. The Morgan fingerprint density at radius 2 is 1.00 bits per heavy atom. The lowest BCUT2D eigenvalue weighted by Crippen LogP contribution is -2.01. The molecule has 0 radical (unpaired) electrons. The number of furan rings is 1. The van der Waals surface area contributed by atoms with Crippen LogP contribution in [0.1, 0.15) is 0 Å². The van der Waals surface area contributed by atoms with Crippen LogP contribution in [0.5, 0.6) is 0 Å². The summed E-state index contributed by atoms with van der Waals surface area (Å²) >= 11 is 0. The Kier molecular flexibility index (Phi) is 6.18. The minimum Gasteiger partial charge on any atom is -0.455 e. The van der Waals surface area contributed by atoms with Gasteiger partial charge in [-0.1, -0.05) is 140 Å². The zero-order valence-electron chi connectivity index (χ0n) is 27.9. The molecule has 5 nitrogen and oxygen atoms in total. The van der Waals surface area contributed by atoms with Crippen LogP contribution in [0.15, 0.2) is 174 Å². The molecular weight excluding hydrogens is 637 g/mol. The van der Waals surface area contributed by atoms with Gasteiger partial charge in [-0.2, -0.15) is 0 Å². The van der Waals surface area contributed by atoms with Gasteiger partial charge in [0.25, 0.3) is 0 Å². The van der Waals surface area contributed by atoms with Crippen molar-refractivity contribution in [2.45, 2.75) is 0 Å². The van der Waals surface area contributed by atoms with E-state index in [0.717, 1.165) is 66.1 Å². The van der Waals surface area contributed by atoms with Crippen LogP contribution in [0.2, 0.25) is 0 Å². The normalized spacial score (nSPS) is 11.8. The SMILES string of the molecule is c1ccc(-c2nc(-c3ccccc3)nc(-c3cccc(-n4c5ccc6ccc7c8ccccc8oc7c6c5c5ccc6ccccc6c54)c3)n2)cc1. The third-order valence-corrected chi connectivity index (χ3v) is 10.2. The summed E-state index contributed by atoms with van der Waals surface area (Å²) in [6, 6.07) is 59.1. The quantitative estimate of drug-likeness (QED) is 0.188. The highest BCUT2D eigenvalue weighted by Gasteiger charge is 2.21. The van der Waals surface area contributed by atoms with Crippen LogP contribution in [-0.4, -0.2) is 19.5 Å². The molecule has 11 rings (SSSR count). The Bertz CT molecular complexity index is 3120. The van der Waals surface area contributed by atoms with Crippen molar-refractivity contribution in [3.05, 3.63) is 170 Å². The number of para-hydroxylation sites is 1. The molecule has 3 heterocycles. The van der Waals surface area contributed by atoms with Crippen molar-refractivity contribution in [3.8, 4) is 39.9 Å². The number of hydrogen-bond donors (Lipinski definition) is 0. The molecule has 0 amide bonds. The van der Waals surface area contributed by atoms with Crippen LogP contribution in [0.25, 0.3) is 105 Å². The van der Waals surface area contributed by atoms with Crippen LogP contribution in [0, 0.1) is 0 Å². The van der Waals surface area contributed by atoms with Crippen molar-refractivity contribution in [3.63, 3.8) is 0 Å². The molecule has 52 heavy (non-hydrogen) atoms. The van der Waals surface area contributed by atoms with Gasteiger partial charge in [0.05, 0.1) is 11.0 Å². The summed E-state index contributed by atoms with van der Waals surface area (Å²) in [5.41, 5.74) is 7.88. The number of hydrogen-bond acceptors (Lipinski definition) is 4. The van der Waals surface area contributed by atoms with Crippen LogP contribution >= 0.6 is 0 Å². The summed E-state index contributed by atoms with van der Waals surface area (Å²) in [6.45, 7) is 0. The zero-order valence-corrected chi connectivity index (χ0v) is 27.9. The standard InChI is InChI=1S/C47H28N4O/c1-3-13-31(14-4-1)45-48-46(32-15-5-2-6-16-32)50-47(49-45)33-17-11-18-34(28-33)51-39-27-24-30-23-25-37-36-20-9-10-21-40(36)52-44(37)41(30)42(39)38-26-22-29-12-7-8-19-35(29)43(38)51/h1-28H. The number of aromatic nitrogens is 4. The molecule has 3 aromatic heterocycles. The Morgan fingerprint density at radius 3 is 1.77 bits per heavy atom. The van der Waals surface area contributed by atoms with E-state index in [4.69, 9.17) is 19.4 Å². The molecule has 0 bridgehead atoms. The smallest absolute Gasteiger partial charge is 0.164 e. The minimum atomic E-state index is 0.620. The zero-order chi connectivity index (χ0) is 34.2. The second-order valence-electron chi connectivity index (χ2n) is 13.2. The molecule has 0 unspecified atom stereocenters. The third kappa shape index (κ3) is 4.33. The number of nitrogens with zero attached hydrogens (tertiary/aromatic N) is 4. The van der Waals surface area contributed by atoms with Crippen molar-refractivity contribution in [2.75, 3.05) is 0 Å². The minimum absolute atomic E-state index is 0.620. The molecule has 8 aromatic carbocycles. The highest BCUT2D eigenvalue weighted by atomic mass is 16.3. The van der Waals surface area contributed by atoms with Gasteiger partial charge in [0.2, 0.25) is 0 Å². The molecule has 0 saturated heterocycles. The predicted molar refractivity (Wildman–Crippen MR) is 213 cm³/mol. The maximum atomic E-state index is 6.67. The van der Waals surface area contributed by atoms with E-state index in [1.54, 1.807) is 0 Å². The highest BCUT2D eigenvalue weighted by molar-refractivity contribution is 6.31. The van der Waals surface area contributed by atoms with E-state index in [9.17, 15) is 0 Å². The van der Waals surface area contributed by atoms with Crippen molar-refractivity contribution in [2.24, 2.45) is 0 Å². The van der Waals surface area contributed by atoms with E-state index in [1.807, 2.05) is 66.7 Å². The van der Waals surface area contributed by atoms with Crippen molar-refractivity contribution < 1.29 is 4.42 Å². The molecule has 0 aliphatic carbocycles.